The van der Waals surface area contributed by atoms with Gasteiger partial charge in [0.15, 0.2) is 0 Å². The molecule has 1 fully saturated rings. The summed E-state index contributed by atoms with van der Waals surface area (Å²) in [4.78, 5) is 1.51. The molecule has 0 saturated carbocycles. The first-order valence-corrected chi connectivity index (χ1v) is 9.47. The maximum atomic E-state index is 10.2. The van der Waals surface area contributed by atoms with Crippen molar-refractivity contribution in [2.24, 2.45) is 5.92 Å². The Labute approximate surface area is 151 Å². The van der Waals surface area contributed by atoms with Crippen LogP contribution < -0.4 is 4.90 Å². The smallest absolute Gasteiger partial charge is 0.126 e. The van der Waals surface area contributed by atoms with Crippen LogP contribution in [0, 0.1) is 5.92 Å². The highest BCUT2D eigenvalue weighted by Gasteiger charge is 2.24. The molecule has 0 spiro atoms. The predicted molar refractivity (Wildman–Crippen MR) is 101 cm³/mol. The van der Waals surface area contributed by atoms with E-state index in [1.54, 1.807) is 0 Å². The first-order valence-electron chi connectivity index (χ1n) is 9.47. The van der Waals surface area contributed by atoms with E-state index in [4.69, 9.17) is 4.74 Å². The van der Waals surface area contributed by atoms with Gasteiger partial charge in [-0.15, -0.1) is 0 Å². The van der Waals surface area contributed by atoms with Crippen LogP contribution in [0.25, 0.3) is 0 Å². The number of benzene rings is 2. The molecule has 1 saturated heterocycles. The van der Waals surface area contributed by atoms with E-state index < -0.39 is 0 Å². The van der Waals surface area contributed by atoms with Crippen molar-refractivity contribution < 1.29 is 14.7 Å². The van der Waals surface area contributed by atoms with Crippen molar-refractivity contribution in [3.63, 3.8) is 0 Å². The standard InChI is InChI=1S/C22H29NO2/c24-22(18-25-17-21-9-5-2-6-10-21)16-23-13-11-20(12-14-23)15-19-7-3-1-4-8-19/h1-10,20,22,24H,11-18H2/p+1. The summed E-state index contributed by atoms with van der Waals surface area (Å²) in [5.41, 5.74) is 2.61. The lowest BCUT2D eigenvalue weighted by Crippen LogP contribution is -3.14. The van der Waals surface area contributed by atoms with Crippen molar-refractivity contribution in [3.05, 3.63) is 71.8 Å². The predicted octanol–water partition coefficient (Wildman–Crippen LogP) is 2.10. The third-order valence-corrected chi connectivity index (χ3v) is 5.13. The normalized spacial score (nSPS) is 21.8. The van der Waals surface area contributed by atoms with Crippen molar-refractivity contribution in [1.29, 1.82) is 0 Å². The summed E-state index contributed by atoms with van der Waals surface area (Å²) < 4.78 is 5.66. The van der Waals surface area contributed by atoms with Gasteiger partial charge in [0.1, 0.15) is 12.6 Å². The van der Waals surface area contributed by atoms with Crippen molar-refractivity contribution >= 4 is 0 Å². The maximum absolute atomic E-state index is 10.2. The average molecular weight is 340 g/mol. The molecule has 2 aromatic rings. The highest BCUT2D eigenvalue weighted by molar-refractivity contribution is 5.15. The number of ether oxygens (including phenoxy) is 1. The van der Waals surface area contributed by atoms with Gasteiger partial charge in [-0.2, -0.15) is 0 Å². The molecule has 1 aliphatic rings. The van der Waals surface area contributed by atoms with E-state index in [9.17, 15) is 5.11 Å². The molecule has 0 aliphatic carbocycles. The van der Waals surface area contributed by atoms with Gasteiger partial charge in [0.05, 0.1) is 26.3 Å². The summed E-state index contributed by atoms with van der Waals surface area (Å²) in [6, 6.07) is 20.9. The molecule has 3 rings (SSSR count). The Hall–Kier alpha value is -1.68. The molecule has 134 valence electrons. The van der Waals surface area contributed by atoms with Crippen molar-refractivity contribution in [2.75, 3.05) is 26.2 Å². The molecule has 0 bridgehead atoms. The number of quaternary nitrogens is 1. The molecule has 3 heteroatoms. The Morgan fingerprint density at radius 2 is 1.52 bits per heavy atom. The Bertz CT molecular complexity index is 594. The number of aliphatic hydroxyl groups is 1. The fraction of sp³-hybridized carbons (Fsp3) is 0.455. The zero-order valence-corrected chi connectivity index (χ0v) is 14.9. The molecular weight excluding hydrogens is 310 g/mol. The summed E-state index contributed by atoms with van der Waals surface area (Å²) in [7, 11) is 0. The lowest BCUT2D eigenvalue weighted by molar-refractivity contribution is -0.909. The number of aliphatic hydroxyl groups excluding tert-OH is 1. The maximum Gasteiger partial charge on any atom is 0.126 e. The third kappa shape index (κ3) is 6.28. The molecule has 0 amide bonds. The molecule has 1 unspecified atom stereocenters. The summed E-state index contributed by atoms with van der Waals surface area (Å²) in [6.45, 7) is 4.12. The van der Waals surface area contributed by atoms with E-state index in [0.717, 1.165) is 31.1 Å². The minimum absolute atomic E-state index is 0.371. The lowest BCUT2D eigenvalue weighted by atomic mass is 9.90. The monoisotopic (exact) mass is 340 g/mol. The fourth-order valence-corrected chi connectivity index (χ4v) is 3.72. The number of piperidine rings is 1. The Morgan fingerprint density at radius 1 is 0.920 bits per heavy atom. The second-order valence-corrected chi connectivity index (χ2v) is 7.24. The van der Waals surface area contributed by atoms with Crippen LogP contribution in [-0.2, 0) is 17.8 Å². The van der Waals surface area contributed by atoms with Gasteiger partial charge in [0, 0.05) is 0 Å². The second-order valence-electron chi connectivity index (χ2n) is 7.24. The molecule has 2 N–H and O–H groups in total. The number of hydrogen-bond acceptors (Lipinski definition) is 2. The molecule has 25 heavy (non-hydrogen) atoms. The zero-order chi connectivity index (χ0) is 17.3. The first-order chi connectivity index (χ1) is 12.3. The largest absolute Gasteiger partial charge is 0.385 e. The molecule has 2 aromatic carbocycles. The van der Waals surface area contributed by atoms with E-state index in [1.165, 1.54) is 29.7 Å². The summed E-state index contributed by atoms with van der Waals surface area (Å²) in [5, 5.41) is 10.2. The summed E-state index contributed by atoms with van der Waals surface area (Å²) >= 11 is 0. The van der Waals surface area contributed by atoms with Crippen LogP contribution in [0.3, 0.4) is 0 Å². The van der Waals surface area contributed by atoms with Crippen LogP contribution in [0.1, 0.15) is 24.0 Å². The molecule has 1 aliphatic heterocycles. The van der Waals surface area contributed by atoms with E-state index in [2.05, 4.69) is 42.5 Å². The van der Waals surface area contributed by atoms with Gasteiger partial charge in [-0.1, -0.05) is 60.7 Å². The van der Waals surface area contributed by atoms with Gasteiger partial charge < -0.3 is 14.7 Å². The van der Waals surface area contributed by atoms with Crippen molar-refractivity contribution in [2.45, 2.75) is 32.0 Å². The lowest BCUT2D eigenvalue weighted by Gasteiger charge is -2.30. The van der Waals surface area contributed by atoms with Gasteiger partial charge in [0.25, 0.3) is 0 Å². The van der Waals surface area contributed by atoms with E-state index in [1.807, 2.05) is 18.2 Å². The molecular formula is C22H30NO2+. The van der Waals surface area contributed by atoms with E-state index in [-0.39, 0.29) is 6.10 Å². The molecule has 3 nitrogen and oxygen atoms in total. The zero-order valence-electron chi connectivity index (χ0n) is 14.9. The van der Waals surface area contributed by atoms with Crippen molar-refractivity contribution in [3.8, 4) is 0 Å². The van der Waals surface area contributed by atoms with Crippen LogP contribution >= 0.6 is 0 Å². The Morgan fingerprint density at radius 3 is 2.16 bits per heavy atom. The molecule has 0 aromatic heterocycles. The average Bonchev–Trinajstić information content (AvgIpc) is 2.65. The topological polar surface area (TPSA) is 33.9 Å². The van der Waals surface area contributed by atoms with Gasteiger partial charge >= 0.3 is 0 Å². The van der Waals surface area contributed by atoms with Gasteiger partial charge in [-0.25, -0.2) is 0 Å². The number of likely N-dealkylation sites (tertiary alicyclic amines) is 1. The van der Waals surface area contributed by atoms with Crippen LogP contribution in [0.5, 0.6) is 0 Å². The minimum atomic E-state index is -0.371. The summed E-state index contributed by atoms with van der Waals surface area (Å²) in [5.74, 6) is 0.789. The van der Waals surface area contributed by atoms with Gasteiger partial charge in [-0.05, 0) is 36.3 Å². The van der Waals surface area contributed by atoms with Gasteiger partial charge in [-0.3, -0.25) is 0 Å². The quantitative estimate of drug-likeness (QED) is 0.772. The van der Waals surface area contributed by atoms with Crippen LogP contribution in [0.2, 0.25) is 0 Å². The van der Waals surface area contributed by atoms with Crippen LogP contribution in [-0.4, -0.2) is 37.5 Å². The third-order valence-electron chi connectivity index (χ3n) is 5.13. The Kier molecular flexibility index (Phi) is 7.04. The highest BCUT2D eigenvalue weighted by Crippen LogP contribution is 2.16. The van der Waals surface area contributed by atoms with Crippen molar-refractivity contribution in [1.82, 2.24) is 0 Å². The fourth-order valence-electron chi connectivity index (χ4n) is 3.72. The second kappa shape index (κ2) is 9.71. The minimum Gasteiger partial charge on any atom is -0.385 e. The number of hydrogen-bond donors (Lipinski definition) is 2. The van der Waals surface area contributed by atoms with E-state index >= 15 is 0 Å². The molecule has 1 atom stereocenters. The SMILES string of the molecule is OC(COCc1ccccc1)C[NH+]1CCC(Cc2ccccc2)CC1. The van der Waals surface area contributed by atoms with Crippen LogP contribution in [0.15, 0.2) is 60.7 Å². The molecule has 0 radical (unpaired) electrons. The Balaban J connectivity index is 1.31. The number of nitrogens with one attached hydrogen (secondary N) is 1. The molecule has 1 heterocycles. The van der Waals surface area contributed by atoms with Gasteiger partial charge in [0.2, 0.25) is 0 Å². The number of rotatable bonds is 8. The summed E-state index contributed by atoms with van der Waals surface area (Å²) in [6.07, 6.45) is 3.32. The highest BCUT2D eigenvalue weighted by atomic mass is 16.5. The first kappa shape index (κ1) is 18.1. The van der Waals surface area contributed by atoms with Crippen LogP contribution in [0.4, 0.5) is 0 Å². The van der Waals surface area contributed by atoms with E-state index in [0.29, 0.717) is 13.2 Å².